The predicted octanol–water partition coefficient (Wildman–Crippen LogP) is 0.459. The summed E-state index contributed by atoms with van der Waals surface area (Å²) in [6, 6.07) is 0. The Kier molecular flexibility index (Phi) is 2.94. The van der Waals surface area contributed by atoms with Crippen molar-refractivity contribution in [1.82, 2.24) is 14.3 Å². The van der Waals surface area contributed by atoms with E-state index in [1.807, 2.05) is 16.7 Å². The molecule has 6 nitrogen and oxygen atoms in total. The highest BCUT2D eigenvalue weighted by Gasteiger charge is 2.36. The number of likely N-dealkylation sites (tertiary alicyclic amines) is 1. The van der Waals surface area contributed by atoms with Crippen molar-refractivity contribution in [3.05, 3.63) is 41.2 Å². The van der Waals surface area contributed by atoms with E-state index in [1.165, 1.54) is 15.7 Å². The van der Waals surface area contributed by atoms with Crippen molar-refractivity contribution in [2.45, 2.75) is 18.9 Å². The average molecular weight is 299 g/mol. The maximum atomic E-state index is 10.8. The van der Waals surface area contributed by atoms with E-state index in [4.69, 9.17) is 5.11 Å². The van der Waals surface area contributed by atoms with E-state index in [9.17, 15) is 9.90 Å². The summed E-state index contributed by atoms with van der Waals surface area (Å²) in [5.74, 6) is 0.0170. The Morgan fingerprint density at radius 1 is 1.45 bits per heavy atom. The Morgan fingerprint density at radius 2 is 2.27 bits per heavy atom. The van der Waals surface area contributed by atoms with Gasteiger partial charge in [0.15, 0.2) is 0 Å². The van der Waals surface area contributed by atoms with Crippen LogP contribution in [0.2, 0.25) is 0 Å². The van der Waals surface area contributed by atoms with Crippen LogP contribution in [0.4, 0.5) is 4.79 Å². The SMILES string of the molecule is O=C(O)N1CC(C(O)Cc2c3c(c4cncn24)=CC=CC3)C1. The molecule has 2 N–H and O–H groups in total. The van der Waals surface area contributed by atoms with Crippen LogP contribution in [0.3, 0.4) is 0 Å². The zero-order valence-electron chi connectivity index (χ0n) is 12.0. The van der Waals surface area contributed by atoms with Gasteiger partial charge in [-0.2, -0.15) is 0 Å². The Labute approximate surface area is 127 Å². The third-order valence-electron chi connectivity index (χ3n) is 4.73. The van der Waals surface area contributed by atoms with Crippen molar-refractivity contribution in [3.8, 4) is 0 Å². The highest BCUT2D eigenvalue weighted by Crippen LogP contribution is 2.24. The summed E-state index contributed by atoms with van der Waals surface area (Å²) in [5.41, 5.74) is 3.40. The maximum absolute atomic E-state index is 10.8. The van der Waals surface area contributed by atoms with E-state index in [0.29, 0.717) is 19.5 Å². The molecule has 1 aliphatic carbocycles. The van der Waals surface area contributed by atoms with Crippen LogP contribution in [0.5, 0.6) is 0 Å². The fraction of sp³-hybridized carbons (Fsp3) is 0.375. The van der Waals surface area contributed by atoms with Gasteiger partial charge >= 0.3 is 6.09 Å². The van der Waals surface area contributed by atoms with Gasteiger partial charge in [0.25, 0.3) is 0 Å². The number of aliphatic hydroxyl groups excluding tert-OH is 1. The number of allylic oxidation sites excluding steroid dienone is 2. The lowest BCUT2D eigenvalue weighted by Crippen LogP contribution is -2.54. The van der Waals surface area contributed by atoms with Gasteiger partial charge in [-0.1, -0.05) is 18.2 Å². The van der Waals surface area contributed by atoms with Gasteiger partial charge < -0.3 is 19.5 Å². The number of carbonyl (C=O) groups is 1. The molecule has 3 heterocycles. The van der Waals surface area contributed by atoms with Gasteiger partial charge in [-0.05, 0) is 12.0 Å². The quantitative estimate of drug-likeness (QED) is 0.863. The summed E-state index contributed by atoms with van der Waals surface area (Å²) >= 11 is 0. The summed E-state index contributed by atoms with van der Waals surface area (Å²) in [5, 5.41) is 20.5. The normalized spacial score (nSPS) is 18.9. The Morgan fingerprint density at radius 3 is 3.05 bits per heavy atom. The zero-order valence-corrected chi connectivity index (χ0v) is 12.0. The molecule has 6 heteroatoms. The number of aromatic nitrogens is 2. The third kappa shape index (κ3) is 1.91. The first kappa shape index (κ1) is 13.3. The Hall–Kier alpha value is -2.34. The van der Waals surface area contributed by atoms with Gasteiger partial charge in [0.1, 0.15) is 0 Å². The molecule has 1 unspecified atom stereocenters. The van der Waals surface area contributed by atoms with E-state index in [-0.39, 0.29) is 5.92 Å². The van der Waals surface area contributed by atoms with Crippen molar-refractivity contribution in [3.63, 3.8) is 0 Å². The molecule has 2 aromatic heterocycles. The number of imidazole rings is 1. The highest BCUT2D eigenvalue weighted by atomic mass is 16.4. The van der Waals surface area contributed by atoms with Crippen LogP contribution in [0.25, 0.3) is 11.6 Å². The summed E-state index contributed by atoms with van der Waals surface area (Å²) < 4.78 is 2.05. The van der Waals surface area contributed by atoms with Gasteiger partial charge in [-0.3, -0.25) is 0 Å². The number of rotatable bonds is 3. The topological polar surface area (TPSA) is 78.1 Å². The standard InChI is InChI=1S/C16H17N3O3/c20-15(10-7-18(8-10)16(21)22)5-13-11-3-1-2-4-12(11)14-6-17-9-19(13)14/h1-2,4,6,9-10,15,20H,3,5,7-8H2,(H,21,22). The minimum atomic E-state index is -0.911. The second kappa shape index (κ2) is 4.84. The van der Waals surface area contributed by atoms with E-state index >= 15 is 0 Å². The number of nitrogens with zero attached hydrogens (tertiary/aromatic N) is 3. The molecule has 0 saturated carbocycles. The van der Waals surface area contributed by atoms with Crippen LogP contribution in [0.15, 0.2) is 24.7 Å². The first-order valence-electron chi connectivity index (χ1n) is 7.43. The first-order chi connectivity index (χ1) is 10.6. The molecule has 4 rings (SSSR count). The fourth-order valence-electron chi connectivity index (χ4n) is 3.43. The van der Waals surface area contributed by atoms with Crippen LogP contribution in [0, 0.1) is 5.92 Å². The molecular weight excluding hydrogens is 282 g/mol. The van der Waals surface area contributed by atoms with Crippen molar-refractivity contribution in [1.29, 1.82) is 0 Å². The van der Waals surface area contributed by atoms with E-state index in [2.05, 4.69) is 17.1 Å². The smallest absolute Gasteiger partial charge is 0.407 e. The number of amides is 1. The van der Waals surface area contributed by atoms with E-state index in [1.54, 1.807) is 6.33 Å². The summed E-state index contributed by atoms with van der Waals surface area (Å²) in [7, 11) is 0. The molecule has 1 saturated heterocycles. The van der Waals surface area contributed by atoms with Crippen LogP contribution in [-0.4, -0.2) is 49.8 Å². The van der Waals surface area contributed by atoms with Crippen LogP contribution in [-0.2, 0) is 12.8 Å². The monoisotopic (exact) mass is 299 g/mol. The molecular formula is C16H17N3O3. The lowest BCUT2D eigenvalue weighted by molar-refractivity contribution is 0.00391. The van der Waals surface area contributed by atoms with Gasteiger partial charge in [-0.25, -0.2) is 9.78 Å². The molecule has 2 aliphatic rings. The number of aliphatic hydroxyl groups is 1. The van der Waals surface area contributed by atoms with Crippen LogP contribution < -0.4 is 5.22 Å². The van der Waals surface area contributed by atoms with Gasteiger partial charge in [0.2, 0.25) is 0 Å². The predicted molar refractivity (Wildman–Crippen MR) is 80.5 cm³/mol. The molecule has 0 spiro atoms. The minimum absolute atomic E-state index is 0.0170. The molecule has 114 valence electrons. The lowest BCUT2D eigenvalue weighted by Gasteiger charge is -2.39. The number of fused-ring (bicyclic) bond motifs is 3. The fourth-order valence-corrected chi connectivity index (χ4v) is 3.43. The second-order valence-corrected chi connectivity index (χ2v) is 6.01. The Bertz CT molecular complexity index is 817. The average Bonchev–Trinajstić information content (AvgIpc) is 3.00. The Balaban J connectivity index is 1.60. The van der Waals surface area contributed by atoms with E-state index in [0.717, 1.165) is 17.6 Å². The molecule has 0 bridgehead atoms. The molecule has 0 aromatic carbocycles. The van der Waals surface area contributed by atoms with Gasteiger partial charge in [0.05, 0.1) is 24.1 Å². The van der Waals surface area contributed by atoms with Crippen molar-refractivity contribution < 1.29 is 15.0 Å². The minimum Gasteiger partial charge on any atom is -0.465 e. The molecule has 1 atom stereocenters. The van der Waals surface area contributed by atoms with Gasteiger partial charge in [0, 0.05) is 36.3 Å². The molecule has 1 aliphatic heterocycles. The molecule has 1 fully saturated rings. The summed E-state index contributed by atoms with van der Waals surface area (Å²) in [4.78, 5) is 16.4. The zero-order chi connectivity index (χ0) is 15.3. The molecule has 2 aromatic rings. The highest BCUT2D eigenvalue weighted by molar-refractivity contribution is 5.66. The largest absolute Gasteiger partial charge is 0.465 e. The summed E-state index contributed by atoms with van der Waals surface area (Å²) in [6.07, 6.45) is 9.83. The van der Waals surface area contributed by atoms with Crippen LogP contribution >= 0.6 is 0 Å². The van der Waals surface area contributed by atoms with Gasteiger partial charge in [-0.15, -0.1) is 0 Å². The molecule has 1 amide bonds. The second-order valence-electron chi connectivity index (χ2n) is 6.01. The van der Waals surface area contributed by atoms with Crippen molar-refractivity contribution >= 4 is 17.7 Å². The lowest BCUT2D eigenvalue weighted by atomic mass is 9.90. The van der Waals surface area contributed by atoms with E-state index < -0.39 is 12.2 Å². The van der Waals surface area contributed by atoms with Crippen LogP contribution in [0.1, 0.15) is 11.3 Å². The molecule has 0 radical (unpaired) electrons. The van der Waals surface area contributed by atoms with Crippen molar-refractivity contribution in [2.24, 2.45) is 5.92 Å². The summed E-state index contributed by atoms with van der Waals surface area (Å²) in [6.45, 7) is 0.830. The number of hydrogen-bond acceptors (Lipinski definition) is 3. The number of hydrogen-bond donors (Lipinski definition) is 2. The third-order valence-corrected chi connectivity index (χ3v) is 4.73. The number of carboxylic acid groups (broad SMARTS) is 1. The first-order valence-corrected chi connectivity index (χ1v) is 7.43. The molecule has 22 heavy (non-hydrogen) atoms. The maximum Gasteiger partial charge on any atom is 0.407 e. The van der Waals surface area contributed by atoms with Crippen molar-refractivity contribution in [2.75, 3.05) is 13.1 Å².